The fourth-order valence-corrected chi connectivity index (χ4v) is 2.20. The monoisotopic (exact) mass is 284 g/mol. The maximum atomic E-state index is 11.6. The van der Waals surface area contributed by atoms with Gasteiger partial charge in [0.05, 0.1) is 18.2 Å². The molecule has 0 aliphatic rings. The summed E-state index contributed by atoms with van der Waals surface area (Å²) in [5, 5.41) is 18.3. The zero-order chi connectivity index (χ0) is 15.4. The molecule has 0 aliphatic carbocycles. The molecule has 0 amide bonds. The summed E-state index contributed by atoms with van der Waals surface area (Å²) in [4.78, 5) is 20.5. The van der Waals surface area contributed by atoms with Gasteiger partial charge in [0, 0.05) is 11.9 Å². The molecule has 0 bridgehead atoms. The summed E-state index contributed by atoms with van der Waals surface area (Å²) in [7, 11) is 1.73. The van der Waals surface area contributed by atoms with Crippen LogP contribution >= 0.6 is 0 Å². The summed E-state index contributed by atoms with van der Waals surface area (Å²) >= 11 is 0. The Balaban J connectivity index is 2.21. The van der Waals surface area contributed by atoms with Gasteiger partial charge < -0.3 is 10.1 Å². The summed E-state index contributed by atoms with van der Waals surface area (Å²) in [5.41, 5.74) is 2.07. The fourth-order valence-electron chi connectivity index (χ4n) is 2.20. The van der Waals surface area contributed by atoms with Crippen LogP contribution in [0.5, 0.6) is 0 Å². The normalized spacial score (nSPS) is 12.1. The number of carboxylic acids is 1. The highest BCUT2D eigenvalue weighted by Gasteiger charge is 2.25. The number of aliphatic carboxylic acids is 1. The van der Waals surface area contributed by atoms with Crippen LogP contribution in [0.25, 0.3) is 0 Å². The third-order valence-corrected chi connectivity index (χ3v) is 3.18. The number of H-pyrrole nitrogens is 1. The Morgan fingerprint density at radius 1 is 1.48 bits per heavy atom. The van der Waals surface area contributed by atoms with Gasteiger partial charge in [0.25, 0.3) is 0 Å². The average Bonchev–Trinajstić information content (AvgIpc) is 2.84. The van der Waals surface area contributed by atoms with Crippen LogP contribution in [0.1, 0.15) is 28.7 Å². The summed E-state index contributed by atoms with van der Waals surface area (Å²) in [6, 6.07) is 7.81. The molecule has 1 aromatic heterocycles. The first-order valence-electron chi connectivity index (χ1n) is 6.45. The number of aromatic nitrogens is 2. The lowest BCUT2D eigenvalue weighted by Crippen LogP contribution is -2.30. The average molecular weight is 284 g/mol. The Bertz CT molecular complexity index is 670. The molecule has 0 spiro atoms. The van der Waals surface area contributed by atoms with E-state index in [-0.39, 0.29) is 0 Å². The van der Waals surface area contributed by atoms with Crippen molar-refractivity contribution in [3.8, 4) is 6.07 Å². The number of carboxylic acid groups (broad SMARTS) is 1. The number of hydrogen-bond donors (Lipinski definition) is 2. The second-order valence-corrected chi connectivity index (χ2v) is 4.90. The molecule has 2 rings (SSSR count). The van der Waals surface area contributed by atoms with Crippen molar-refractivity contribution in [2.24, 2.45) is 0 Å². The quantitative estimate of drug-likeness (QED) is 0.874. The maximum Gasteiger partial charge on any atom is 0.325 e. The molecule has 108 valence electrons. The van der Waals surface area contributed by atoms with E-state index in [9.17, 15) is 9.90 Å². The largest absolute Gasteiger partial charge is 0.480 e. The summed E-state index contributed by atoms with van der Waals surface area (Å²) < 4.78 is 0. The van der Waals surface area contributed by atoms with E-state index in [0.29, 0.717) is 17.7 Å². The number of nitriles is 1. The molecule has 1 aromatic carbocycles. The molecular formula is C15H16N4O2. The minimum atomic E-state index is -0.939. The van der Waals surface area contributed by atoms with Gasteiger partial charge in [-0.3, -0.25) is 9.69 Å². The van der Waals surface area contributed by atoms with Crippen LogP contribution in [0.2, 0.25) is 0 Å². The van der Waals surface area contributed by atoms with E-state index in [4.69, 9.17) is 5.26 Å². The molecule has 2 N–H and O–H groups in total. The summed E-state index contributed by atoms with van der Waals surface area (Å²) in [6.07, 6.45) is 1.71. The van der Waals surface area contributed by atoms with E-state index >= 15 is 0 Å². The van der Waals surface area contributed by atoms with E-state index in [1.807, 2.05) is 13.0 Å². The van der Waals surface area contributed by atoms with Gasteiger partial charge in [-0.2, -0.15) is 5.26 Å². The zero-order valence-electron chi connectivity index (χ0n) is 11.9. The van der Waals surface area contributed by atoms with Gasteiger partial charge in [0.2, 0.25) is 0 Å². The van der Waals surface area contributed by atoms with Crippen LogP contribution in [-0.2, 0) is 11.3 Å². The van der Waals surface area contributed by atoms with E-state index in [2.05, 4.69) is 9.97 Å². The van der Waals surface area contributed by atoms with E-state index in [1.54, 1.807) is 42.4 Å². The predicted molar refractivity (Wildman–Crippen MR) is 76.3 cm³/mol. The lowest BCUT2D eigenvalue weighted by molar-refractivity contribution is -0.143. The molecule has 0 aliphatic heterocycles. The van der Waals surface area contributed by atoms with Crippen molar-refractivity contribution in [2.45, 2.75) is 19.5 Å². The van der Waals surface area contributed by atoms with Crippen molar-refractivity contribution in [3.63, 3.8) is 0 Å². The van der Waals surface area contributed by atoms with Crippen molar-refractivity contribution < 1.29 is 9.90 Å². The Hall–Kier alpha value is -2.65. The second kappa shape index (κ2) is 6.20. The van der Waals surface area contributed by atoms with Crippen LogP contribution in [0, 0.1) is 18.3 Å². The van der Waals surface area contributed by atoms with E-state index in [0.717, 1.165) is 11.5 Å². The molecule has 0 saturated heterocycles. The molecule has 6 heteroatoms. The fraction of sp³-hybridized carbons (Fsp3) is 0.267. The van der Waals surface area contributed by atoms with Crippen molar-refractivity contribution in [2.75, 3.05) is 7.05 Å². The van der Waals surface area contributed by atoms with Gasteiger partial charge in [-0.05, 0) is 31.7 Å². The first-order valence-corrected chi connectivity index (χ1v) is 6.45. The van der Waals surface area contributed by atoms with E-state index in [1.165, 1.54) is 0 Å². The maximum absolute atomic E-state index is 11.6. The van der Waals surface area contributed by atoms with Crippen molar-refractivity contribution in [1.29, 1.82) is 5.26 Å². The van der Waals surface area contributed by atoms with Crippen LogP contribution < -0.4 is 0 Å². The molecule has 1 heterocycles. The number of carbonyl (C=O) groups is 1. The number of nitrogens with one attached hydrogen (secondary N) is 1. The van der Waals surface area contributed by atoms with Gasteiger partial charge in [-0.1, -0.05) is 12.1 Å². The first kappa shape index (κ1) is 14.8. The summed E-state index contributed by atoms with van der Waals surface area (Å²) in [6.45, 7) is 2.29. The highest BCUT2D eigenvalue weighted by atomic mass is 16.4. The third-order valence-electron chi connectivity index (χ3n) is 3.18. The van der Waals surface area contributed by atoms with Gasteiger partial charge >= 0.3 is 5.97 Å². The Morgan fingerprint density at radius 2 is 2.14 bits per heavy atom. The van der Waals surface area contributed by atoms with Gasteiger partial charge in [-0.15, -0.1) is 0 Å². The topological polar surface area (TPSA) is 93.0 Å². The molecule has 1 unspecified atom stereocenters. The number of benzene rings is 1. The minimum Gasteiger partial charge on any atom is -0.480 e. The predicted octanol–water partition coefficient (Wildman–Crippen LogP) is 1.85. The number of aromatic amines is 1. The Kier molecular flexibility index (Phi) is 4.36. The standard InChI is InChI=1S/C15H16N4O2/c1-10-8-17-13(18-10)9-19(2)14(15(20)21)12-5-3-11(7-16)4-6-12/h3-6,8,14H,9H2,1-2H3,(H,17,18)(H,20,21). The van der Waals surface area contributed by atoms with Gasteiger partial charge in [0.15, 0.2) is 0 Å². The highest BCUT2D eigenvalue weighted by Crippen LogP contribution is 2.21. The van der Waals surface area contributed by atoms with Crippen LogP contribution in [0.15, 0.2) is 30.5 Å². The van der Waals surface area contributed by atoms with Crippen LogP contribution in [0.3, 0.4) is 0 Å². The zero-order valence-corrected chi connectivity index (χ0v) is 11.9. The molecule has 0 saturated carbocycles. The van der Waals surface area contributed by atoms with Crippen LogP contribution in [-0.4, -0.2) is 33.0 Å². The molecule has 0 radical (unpaired) electrons. The lowest BCUT2D eigenvalue weighted by atomic mass is 10.0. The molecular weight excluding hydrogens is 268 g/mol. The smallest absolute Gasteiger partial charge is 0.325 e. The number of likely N-dealkylation sites (N-methyl/N-ethyl adjacent to an activating group) is 1. The van der Waals surface area contributed by atoms with Crippen molar-refractivity contribution in [3.05, 3.63) is 53.1 Å². The van der Waals surface area contributed by atoms with Crippen molar-refractivity contribution in [1.82, 2.24) is 14.9 Å². The molecule has 6 nitrogen and oxygen atoms in total. The minimum absolute atomic E-state index is 0.394. The lowest BCUT2D eigenvalue weighted by Gasteiger charge is -2.24. The highest BCUT2D eigenvalue weighted by molar-refractivity contribution is 5.75. The number of nitrogens with zero attached hydrogens (tertiary/aromatic N) is 3. The SMILES string of the molecule is Cc1cnc(CN(C)C(C(=O)O)c2ccc(C#N)cc2)[nH]1. The summed E-state index contributed by atoms with van der Waals surface area (Å²) in [5.74, 6) is -0.222. The molecule has 0 fully saturated rings. The second-order valence-electron chi connectivity index (χ2n) is 4.90. The van der Waals surface area contributed by atoms with Gasteiger partial charge in [0.1, 0.15) is 11.9 Å². The number of imidazole rings is 1. The van der Waals surface area contributed by atoms with Gasteiger partial charge in [-0.25, -0.2) is 4.98 Å². The first-order chi connectivity index (χ1) is 10.0. The van der Waals surface area contributed by atoms with Crippen molar-refractivity contribution >= 4 is 5.97 Å². The van der Waals surface area contributed by atoms with Crippen LogP contribution in [0.4, 0.5) is 0 Å². The number of aryl methyl sites for hydroxylation is 1. The number of rotatable bonds is 5. The number of hydrogen-bond acceptors (Lipinski definition) is 4. The third kappa shape index (κ3) is 3.46. The molecule has 21 heavy (non-hydrogen) atoms. The Labute approximate surface area is 122 Å². The van der Waals surface area contributed by atoms with E-state index < -0.39 is 12.0 Å². The molecule has 1 atom stereocenters. The molecule has 2 aromatic rings. The Morgan fingerprint density at radius 3 is 2.62 bits per heavy atom.